The molecule has 0 saturated carbocycles. The maximum Gasteiger partial charge on any atom is 0.301 e. The van der Waals surface area contributed by atoms with Gasteiger partial charge in [0.25, 0.3) is 5.91 Å². The summed E-state index contributed by atoms with van der Waals surface area (Å²) < 4.78 is 10.5. The summed E-state index contributed by atoms with van der Waals surface area (Å²) in [6, 6.07) is 0.257. The predicted molar refractivity (Wildman–Crippen MR) is 53.5 cm³/mol. The Morgan fingerprint density at radius 1 is 1.73 bits per heavy atom. The van der Waals surface area contributed by atoms with Crippen LogP contribution in [0.2, 0.25) is 0 Å². The number of ether oxygens (including phenoxy) is 1. The standard InChI is InChI=1S/C10H14N2O3/c1-2-7-6-11-10(15-7)12-9(13)8-4-3-5-14-8/h6,8H,2-5H2,1H3,(H,11,12,13)/t8-/m1/s1. The summed E-state index contributed by atoms with van der Waals surface area (Å²) in [4.78, 5) is 15.5. The third-order valence-corrected chi connectivity index (χ3v) is 2.35. The zero-order chi connectivity index (χ0) is 10.7. The summed E-state index contributed by atoms with van der Waals surface area (Å²) in [5.74, 6) is 0.592. The topological polar surface area (TPSA) is 64.4 Å². The lowest BCUT2D eigenvalue weighted by Crippen LogP contribution is -2.26. The fourth-order valence-electron chi connectivity index (χ4n) is 1.50. The number of aromatic nitrogens is 1. The van der Waals surface area contributed by atoms with Gasteiger partial charge in [0.15, 0.2) is 0 Å². The highest BCUT2D eigenvalue weighted by Crippen LogP contribution is 2.15. The minimum atomic E-state index is -0.345. The molecule has 2 heterocycles. The monoisotopic (exact) mass is 210 g/mol. The number of nitrogens with one attached hydrogen (secondary N) is 1. The van der Waals surface area contributed by atoms with Crippen molar-refractivity contribution in [1.29, 1.82) is 0 Å². The molecule has 0 unspecified atom stereocenters. The van der Waals surface area contributed by atoms with E-state index in [4.69, 9.17) is 9.15 Å². The number of carbonyl (C=O) groups excluding carboxylic acids is 1. The molecule has 0 aliphatic carbocycles. The highest BCUT2D eigenvalue weighted by Gasteiger charge is 2.24. The lowest BCUT2D eigenvalue weighted by molar-refractivity contribution is -0.124. The molecule has 1 aliphatic heterocycles. The molecule has 1 saturated heterocycles. The molecule has 1 amide bonds. The van der Waals surface area contributed by atoms with E-state index in [0.29, 0.717) is 6.61 Å². The number of anilines is 1. The van der Waals surface area contributed by atoms with Gasteiger partial charge >= 0.3 is 6.01 Å². The number of oxazole rings is 1. The fraction of sp³-hybridized carbons (Fsp3) is 0.600. The Hall–Kier alpha value is -1.36. The van der Waals surface area contributed by atoms with E-state index in [0.717, 1.165) is 25.0 Å². The first-order valence-corrected chi connectivity index (χ1v) is 5.16. The van der Waals surface area contributed by atoms with E-state index in [2.05, 4.69) is 10.3 Å². The molecule has 0 aromatic carbocycles. The summed E-state index contributed by atoms with van der Waals surface area (Å²) in [6.45, 7) is 2.62. The Morgan fingerprint density at radius 3 is 3.20 bits per heavy atom. The van der Waals surface area contributed by atoms with Crippen molar-refractivity contribution in [2.75, 3.05) is 11.9 Å². The van der Waals surface area contributed by atoms with E-state index in [1.54, 1.807) is 6.20 Å². The SMILES string of the molecule is CCc1cnc(NC(=O)[C@H]2CCCO2)o1. The van der Waals surface area contributed by atoms with Gasteiger partial charge in [-0.15, -0.1) is 0 Å². The number of hydrogen-bond donors (Lipinski definition) is 1. The minimum absolute atomic E-state index is 0.169. The molecule has 1 fully saturated rings. The normalized spacial score (nSPS) is 20.5. The van der Waals surface area contributed by atoms with Gasteiger partial charge in [0.05, 0.1) is 6.20 Å². The largest absolute Gasteiger partial charge is 0.429 e. The van der Waals surface area contributed by atoms with Crippen molar-refractivity contribution < 1.29 is 13.9 Å². The first-order valence-electron chi connectivity index (χ1n) is 5.16. The van der Waals surface area contributed by atoms with Gasteiger partial charge in [0.1, 0.15) is 11.9 Å². The number of rotatable bonds is 3. The predicted octanol–water partition coefficient (Wildman–Crippen LogP) is 1.35. The Bertz CT molecular complexity index is 342. The zero-order valence-electron chi connectivity index (χ0n) is 8.66. The van der Waals surface area contributed by atoms with Crippen LogP contribution >= 0.6 is 0 Å². The van der Waals surface area contributed by atoms with Crippen molar-refractivity contribution in [3.8, 4) is 0 Å². The lowest BCUT2D eigenvalue weighted by atomic mass is 10.2. The van der Waals surface area contributed by atoms with Crippen LogP contribution in [0.1, 0.15) is 25.5 Å². The van der Waals surface area contributed by atoms with Gasteiger partial charge in [0.2, 0.25) is 0 Å². The van der Waals surface area contributed by atoms with Gasteiger partial charge < -0.3 is 9.15 Å². The van der Waals surface area contributed by atoms with Gasteiger partial charge in [-0.3, -0.25) is 10.1 Å². The molecule has 15 heavy (non-hydrogen) atoms. The summed E-state index contributed by atoms with van der Waals surface area (Å²) >= 11 is 0. The maximum absolute atomic E-state index is 11.6. The van der Waals surface area contributed by atoms with Crippen LogP contribution in [0.3, 0.4) is 0 Å². The summed E-state index contributed by atoms with van der Waals surface area (Å²) in [5, 5.41) is 2.60. The highest BCUT2D eigenvalue weighted by molar-refractivity contribution is 5.92. The molecule has 0 radical (unpaired) electrons. The van der Waals surface area contributed by atoms with E-state index in [1.807, 2.05) is 6.92 Å². The molecule has 1 aliphatic rings. The van der Waals surface area contributed by atoms with Gasteiger partial charge in [-0.2, -0.15) is 0 Å². The van der Waals surface area contributed by atoms with Crippen LogP contribution in [0.5, 0.6) is 0 Å². The molecule has 82 valence electrons. The third kappa shape index (κ3) is 2.36. The maximum atomic E-state index is 11.6. The van der Waals surface area contributed by atoms with Gasteiger partial charge in [-0.25, -0.2) is 4.98 Å². The van der Waals surface area contributed by atoms with Crippen molar-refractivity contribution in [3.05, 3.63) is 12.0 Å². The van der Waals surface area contributed by atoms with E-state index in [-0.39, 0.29) is 18.0 Å². The highest BCUT2D eigenvalue weighted by atomic mass is 16.5. The molecule has 1 aromatic rings. The Morgan fingerprint density at radius 2 is 2.60 bits per heavy atom. The van der Waals surface area contributed by atoms with E-state index < -0.39 is 0 Å². The van der Waals surface area contributed by atoms with E-state index in [1.165, 1.54) is 0 Å². The molecule has 1 aromatic heterocycles. The quantitative estimate of drug-likeness (QED) is 0.818. The minimum Gasteiger partial charge on any atom is -0.429 e. The molecular formula is C10H14N2O3. The third-order valence-electron chi connectivity index (χ3n) is 2.35. The van der Waals surface area contributed by atoms with Crippen LogP contribution in [0.4, 0.5) is 6.01 Å². The lowest BCUT2D eigenvalue weighted by Gasteiger charge is -2.06. The summed E-state index contributed by atoms with van der Waals surface area (Å²) in [7, 11) is 0. The Kier molecular flexibility index (Phi) is 3.01. The van der Waals surface area contributed by atoms with Crippen molar-refractivity contribution in [2.24, 2.45) is 0 Å². The molecule has 5 heteroatoms. The second-order valence-electron chi connectivity index (χ2n) is 3.48. The number of carbonyl (C=O) groups is 1. The molecule has 0 bridgehead atoms. The van der Waals surface area contributed by atoms with Crippen LogP contribution in [-0.2, 0) is 16.0 Å². The number of nitrogens with zero attached hydrogens (tertiary/aromatic N) is 1. The van der Waals surface area contributed by atoms with Crippen LogP contribution in [0.15, 0.2) is 10.6 Å². The fourth-order valence-corrected chi connectivity index (χ4v) is 1.50. The Balaban J connectivity index is 1.92. The van der Waals surface area contributed by atoms with Gasteiger partial charge in [0, 0.05) is 13.0 Å². The first-order chi connectivity index (χ1) is 7.29. The second-order valence-corrected chi connectivity index (χ2v) is 3.48. The van der Waals surface area contributed by atoms with E-state index >= 15 is 0 Å². The molecule has 1 N–H and O–H groups in total. The smallest absolute Gasteiger partial charge is 0.301 e. The first kappa shape index (κ1) is 10.2. The number of amides is 1. The summed E-state index contributed by atoms with van der Waals surface area (Å²) in [6.07, 6.45) is 3.74. The van der Waals surface area contributed by atoms with Crippen LogP contribution in [-0.4, -0.2) is 23.6 Å². The second kappa shape index (κ2) is 4.44. The molecule has 0 spiro atoms. The Labute approximate surface area is 87.8 Å². The number of hydrogen-bond acceptors (Lipinski definition) is 4. The average molecular weight is 210 g/mol. The number of aryl methyl sites for hydroxylation is 1. The van der Waals surface area contributed by atoms with Crippen molar-refractivity contribution >= 4 is 11.9 Å². The summed E-state index contributed by atoms with van der Waals surface area (Å²) in [5.41, 5.74) is 0. The van der Waals surface area contributed by atoms with Gasteiger partial charge in [-0.1, -0.05) is 6.92 Å². The van der Waals surface area contributed by atoms with E-state index in [9.17, 15) is 4.79 Å². The van der Waals surface area contributed by atoms with Crippen molar-refractivity contribution in [2.45, 2.75) is 32.3 Å². The molecule has 2 rings (SSSR count). The van der Waals surface area contributed by atoms with Crippen LogP contribution in [0, 0.1) is 0 Å². The molecular weight excluding hydrogens is 196 g/mol. The average Bonchev–Trinajstić information content (AvgIpc) is 2.87. The van der Waals surface area contributed by atoms with Crippen molar-refractivity contribution in [3.63, 3.8) is 0 Å². The zero-order valence-corrected chi connectivity index (χ0v) is 8.66. The van der Waals surface area contributed by atoms with Crippen LogP contribution < -0.4 is 5.32 Å². The molecule has 5 nitrogen and oxygen atoms in total. The van der Waals surface area contributed by atoms with Crippen molar-refractivity contribution in [1.82, 2.24) is 4.98 Å². The van der Waals surface area contributed by atoms with Crippen LogP contribution in [0.25, 0.3) is 0 Å². The van der Waals surface area contributed by atoms with Gasteiger partial charge in [-0.05, 0) is 12.8 Å². The molecule has 1 atom stereocenters.